The van der Waals surface area contributed by atoms with Crippen molar-refractivity contribution < 1.29 is 27.5 Å². The first-order chi connectivity index (χ1) is 20.3. The Bertz CT molecular complexity index is 1530. The molecule has 12 heteroatoms. The van der Waals surface area contributed by atoms with E-state index in [2.05, 4.69) is 5.32 Å². The number of amides is 2. The maximum atomic E-state index is 14.1. The Balaban J connectivity index is 2.11. The van der Waals surface area contributed by atoms with Crippen LogP contribution in [0.15, 0.2) is 65.6 Å². The van der Waals surface area contributed by atoms with Gasteiger partial charge in [0.15, 0.2) is 11.5 Å². The highest BCUT2D eigenvalue weighted by molar-refractivity contribution is 7.92. The highest BCUT2D eigenvalue weighted by Gasteiger charge is 2.33. The highest BCUT2D eigenvalue weighted by atomic mass is 35.5. The maximum absolute atomic E-state index is 14.1. The quantitative estimate of drug-likeness (QED) is 0.255. The van der Waals surface area contributed by atoms with Gasteiger partial charge < -0.3 is 19.7 Å². The predicted molar refractivity (Wildman–Crippen MR) is 170 cm³/mol. The lowest BCUT2D eigenvalue weighted by atomic mass is 10.1. The molecule has 0 saturated carbocycles. The molecule has 0 heterocycles. The minimum atomic E-state index is -4.26. The molecule has 0 aliphatic carbocycles. The third-order valence-corrected chi connectivity index (χ3v) is 9.28. The Morgan fingerprint density at radius 1 is 0.907 bits per heavy atom. The molecule has 0 spiro atoms. The van der Waals surface area contributed by atoms with Crippen molar-refractivity contribution in [2.45, 2.75) is 45.2 Å². The molecular weight excluding hydrogens is 613 g/mol. The topological polar surface area (TPSA) is 105 Å². The number of carbonyl (C=O) groups excluding carboxylic acids is 2. The van der Waals surface area contributed by atoms with E-state index in [4.69, 9.17) is 32.7 Å². The van der Waals surface area contributed by atoms with Gasteiger partial charge in [-0.3, -0.25) is 13.9 Å². The van der Waals surface area contributed by atoms with Crippen LogP contribution in [0.25, 0.3) is 0 Å². The Morgan fingerprint density at radius 2 is 1.51 bits per heavy atom. The molecule has 1 atom stereocenters. The molecule has 3 aromatic carbocycles. The van der Waals surface area contributed by atoms with Gasteiger partial charge in [-0.15, -0.1) is 0 Å². The summed E-state index contributed by atoms with van der Waals surface area (Å²) in [5.41, 5.74) is 1.47. The molecule has 0 aliphatic heterocycles. The van der Waals surface area contributed by atoms with Crippen LogP contribution in [0.4, 0.5) is 5.69 Å². The second kappa shape index (κ2) is 14.8. The van der Waals surface area contributed by atoms with Gasteiger partial charge >= 0.3 is 0 Å². The molecule has 0 aliphatic rings. The number of ether oxygens (including phenoxy) is 2. The first-order valence-electron chi connectivity index (χ1n) is 13.6. The van der Waals surface area contributed by atoms with E-state index in [9.17, 15) is 18.0 Å². The van der Waals surface area contributed by atoms with Crippen LogP contribution >= 0.6 is 23.2 Å². The summed E-state index contributed by atoms with van der Waals surface area (Å²) in [7, 11) is -1.37. The van der Waals surface area contributed by atoms with E-state index in [1.165, 1.54) is 43.4 Å². The summed E-state index contributed by atoms with van der Waals surface area (Å²) in [5, 5.41) is 3.46. The van der Waals surface area contributed by atoms with Crippen LogP contribution in [0, 0.1) is 12.8 Å². The monoisotopic (exact) mass is 649 g/mol. The van der Waals surface area contributed by atoms with Gasteiger partial charge in [0.2, 0.25) is 11.8 Å². The lowest BCUT2D eigenvalue weighted by Gasteiger charge is -2.32. The Kier molecular flexibility index (Phi) is 11.7. The number of benzene rings is 3. The number of sulfonamides is 1. The largest absolute Gasteiger partial charge is 0.493 e. The van der Waals surface area contributed by atoms with Crippen molar-refractivity contribution in [3.63, 3.8) is 0 Å². The van der Waals surface area contributed by atoms with Crippen LogP contribution in [0.3, 0.4) is 0 Å². The normalized spacial score (nSPS) is 12.0. The Labute approximate surface area is 263 Å². The molecule has 9 nitrogen and oxygen atoms in total. The lowest BCUT2D eigenvalue weighted by molar-refractivity contribution is -0.139. The Morgan fingerprint density at radius 3 is 2.07 bits per heavy atom. The molecule has 0 radical (unpaired) electrons. The summed E-state index contributed by atoms with van der Waals surface area (Å²) in [6, 6.07) is 14.8. The molecule has 0 saturated heterocycles. The zero-order valence-corrected chi connectivity index (χ0v) is 27.4. The average Bonchev–Trinajstić information content (AvgIpc) is 2.97. The number of nitrogens with zero attached hydrogens (tertiary/aromatic N) is 2. The summed E-state index contributed by atoms with van der Waals surface area (Å²) in [5.74, 6) is -0.204. The number of halogens is 2. The highest BCUT2D eigenvalue weighted by Crippen LogP contribution is 2.34. The van der Waals surface area contributed by atoms with Crippen molar-refractivity contribution in [3.8, 4) is 11.5 Å². The van der Waals surface area contributed by atoms with Crippen LogP contribution in [-0.2, 0) is 26.2 Å². The van der Waals surface area contributed by atoms with Crippen LogP contribution < -0.4 is 19.1 Å². The van der Waals surface area contributed by atoms with Gasteiger partial charge in [-0.25, -0.2) is 8.42 Å². The molecule has 232 valence electrons. The van der Waals surface area contributed by atoms with E-state index in [0.29, 0.717) is 27.9 Å². The summed E-state index contributed by atoms with van der Waals surface area (Å²) in [4.78, 5) is 28.6. The number of rotatable bonds is 13. The summed E-state index contributed by atoms with van der Waals surface area (Å²) >= 11 is 12.9. The smallest absolute Gasteiger partial charge is 0.264 e. The van der Waals surface area contributed by atoms with E-state index >= 15 is 0 Å². The molecule has 0 unspecified atom stereocenters. The molecule has 0 bridgehead atoms. The van der Waals surface area contributed by atoms with E-state index in [1.807, 2.05) is 20.8 Å². The van der Waals surface area contributed by atoms with Gasteiger partial charge in [0.1, 0.15) is 12.6 Å². The maximum Gasteiger partial charge on any atom is 0.264 e. The number of anilines is 1. The SMILES string of the molecule is COc1ccc(N(CC(=O)N(Cc2c(Cl)cccc2Cl)[C@@H](C)C(=O)NCC(C)C)S(=O)(=O)c2ccc(C)cc2)cc1OC. The Hall–Kier alpha value is -3.47. The first kappa shape index (κ1) is 34.0. The van der Waals surface area contributed by atoms with E-state index in [0.717, 1.165) is 9.87 Å². The van der Waals surface area contributed by atoms with E-state index in [-0.39, 0.29) is 28.8 Å². The zero-order valence-electron chi connectivity index (χ0n) is 25.1. The minimum Gasteiger partial charge on any atom is -0.493 e. The van der Waals surface area contributed by atoms with Gasteiger partial charge in [0.25, 0.3) is 10.0 Å². The number of nitrogens with one attached hydrogen (secondary N) is 1. The molecule has 0 aromatic heterocycles. The van der Waals surface area contributed by atoms with Crippen LogP contribution in [0.1, 0.15) is 31.9 Å². The second-order valence-corrected chi connectivity index (χ2v) is 13.1. The van der Waals surface area contributed by atoms with Crippen LogP contribution in [-0.4, -0.2) is 58.5 Å². The van der Waals surface area contributed by atoms with Crippen molar-refractivity contribution in [2.24, 2.45) is 5.92 Å². The lowest BCUT2D eigenvalue weighted by Crippen LogP contribution is -2.51. The molecular formula is C31H37Cl2N3O6S. The summed E-state index contributed by atoms with van der Waals surface area (Å²) < 4.78 is 39.9. The number of carbonyl (C=O) groups is 2. The molecule has 2 amide bonds. The third-order valence-electron chi connectivity index (χ3n) is 6.78. The zero-order chi connectivity index (χ0) is 31.9. The minimum absolute atomic E-state index is 0.0101. The first-order valence-corrected chi connectivity index (χ1v) is 15.8. The van der Waals surface area contributed by atoms with Gasteiger partial charge in [-0.1, -0.05) is 60.8 Å². The number of methoxy groups -OCH3 is 2. The molecule has 3 rings (SSSR count). The van der Waals surface area contributed by atoms with Gasteiger partial charge in [0, 0.05) is 34.8 Å². The van der Waals surface area contributed by atoms with Crippen molar-refractivity contribution in [1.29, 1.82) is 0 Å². The van der Waals surface area contributed by atoms with Crippen molar-refractivity contribution in [3.05, 3.63) is 81.8 Å². The van der Waals surface area contributed by atoms with E-state index in [1.54, 1.807) is 43.3 Å². The van der Waals surface area contributed by atoms with Gasteiger partial charge in [0.05, 0.1) is 24.8 Å². The van der Waals surface area contributed by atoms with Crippen LogP contribution in [0.5, 0.6) is 11.5 Å². The fourth-order valence-electron chi connectivity index (χ4n) is 4.24. The fraction of sp³-hybridized carbons (Fsp3) is 0.355. The summed E-state index contributed by atoms with van der Waals surface area (Å²) in [6.45, 7) is 6.97. The molecule has 1 N–H and O–H groups in total. The molecule has 3 aromatic rings. The molecule has 0 fully saturated rings. The average molecular weight is 651 g/mol. The van der Waals surface area contributed by atoms with Gasteiger partial charge in [-0.05, 0) is 56.2 Å². The number of hydrogen-bond acceptors (Lipinski definition) is 6. The van der Waals surface area contributed by atoms with Gasteiger partial charge in [-0.2, -0.15) is 0 Å². The number of hydrogen-bond donors (Lipinski definition) is 1. The summed E-state index contributed by atoms with van der Waals surface area (Å²) in [6.07, 6.45) is 0. The third kappa shape index (κ3) is 8.34. The molecule has 43 heavy (non-hydrogen) atoms. The van der Waals surface area contributed by atoms with Crippen molar-refractivity contribution in [2.75, 3.05) is 31.6 Å². The fourth-order valence-corrected chi connectivity index (χ4v) is 6.16. The second-order valence-electron chi connectivity index (χ2n) is 10.4. The van der Waals surface area contributed by atoms with E-state index < -0.39 is 34.4 Å². The van der Waals surface area contributed by atoms with Crippen LogP contribution in [0.2, 0.25) is 10.0 Å². The van der Waals surface area contributed by atoms with Crippen molar-refractivity contribution >= 4 is 50.7 Å². The predicted octanol–water partition coefficient (Wildman–Crippen LogP) is 5.70. The van der Waals surface area contributed by atoms with Crippen molar-refractivity contribution in [1.82, 2.24) is 10.2 Å². The standard InChI is InChI=1S/C31H37Cl2N3O6S/c1-20(2)17-34-31(38)22(4)35(18-25-26(32)8-7-9-27(25)33)30(37)19-36(23-12-15-28(41-5)29(16-23)42-6)43(39,40)24-13-10-21(3)11-14-24/h7-16,20,22H,17-19H2,1-6H3,(H,34,38)/t22-/m0/s1. The number of aryl methyl sites for hydroxylation is 1.